The fraction of sp³-hybridized carbons (Fsp3) is 0.900. The highest BCUT2D eigenvalue weighted by molar-refractivity contribution is 5.83. The number of hydrazine groups is 1. The van der Waals surface area contributed by atoms with E-state index in [1.165, 1.54) is 0 Å². The van der Waals surface area contributed by atoms with Crippen molar-refractivity contribution in [3.63, 3.8) is 0 Å². The lowest BCUT2D eigenvalue weighted by atomic mass is 9.66. The molecule has 0 saturated heterocycles. The summed E-state index contributed by atoms with van der Waals surface area (Å²) in [5.41, 5.74) is 2.02. The van der Waals surface area contributed by atoms with Gasteiger partial charge in [0.15, 0.2) is 0 Å². The first-order chi connectivity index (χ1) is 5.86. The molecule has 3 nitrogen and oxygen atoms in total. The predicted octanol–water partition coefficient (Wildman–Crippen LogP) is 1.44. The molecule has 1 aliphatic carbocycles. The van der Waals surface area contributed by atoms with Crippen molar-refractivity contribution in [2.75, 3.05) is 0 Å². The number of amides is 1. The molecule has 0 spiro atoms. The third-order valence-electron chi connectivity index (χ3n) is 4.36. The van der Waals surface area contributed by atoms with Crippen molar-refractivity contribution in [2.24, 2.45) is 22.6 Å². The quantitative estimate of drug-likeness (QED) is 0.368. The van der Waals surface area contributed by atoms with Crippen LogP contribution < -0.4 is 11.3 Å². The lowest BCUT2D eigenvalue weighted by Gasteiger charge is -2.39. The Morgan fingerprint density at radius 1 is 1.46 bits per heavy atom. The Morgan fingerprint density at radius 3 is 2.31 bits per heavy atom. The number of nitrogens with two attached hydrogens (primary N) is 1. The van der Waals surface area contributed by atoms with Crippen LogP contribution in [0.5, 0.6) is 0 Å². The topological polar surface area (TPSA) is 55.1 Å². The van der Waals surface area contributed by atoms with E-state index in [0.717, 1.165) is 12.8 Å². The van der Waals surface area contributed by atoms with E-state index in [0.29, 0.717) is 5.92 Å². The molecule has 0 aromatic heterocycles. The maximum absolute atomic E-state index is 11.7. The van der Waals surface area contributed by atoms with Crippen LogP contribution >= 0.6 is 0 Å². The number of carbonyl (C=O) groups is 1. The first-order valence-corrected chi connectivity index (χ1v) is 4.87. The van der Waals surface area contributed by atoms with Gasteiger partial charge in [0.1, 0.15) is 0 Å². The minimum Gasteiger partial charge on any atom is -0.294 e. The molecular formula is C10H20N2O. The summed E-state index contributed by atoms with van der Waals surface area (Å²) in [6.07, 6.45) is 2.04. The summed E-state index contributed by atoms with van der Waals surface area (Å²) in [7, 11) is 0. The van der Waals surface area contributed by atoms with Gasteiger partial charge in [0.25, 0.3) is 0 Å². The van der Waals surface area contributed by atoms with Crippen LogP contribution in [0.25, 0.3) is 0 Å². The molecule has 0 aliphatic heterocycles. The summed E-state index contributed by atoms with van der Waals surface area (Å²) in [4.78, 5) is 11.7. The Bertz CT molecular complexity index is 225. The van der Waals surface area contributed by atoms with E-state index in [9.17, 15) is 4.79 Å². The molecule has 0 bridgehead atoms. The lowest BCUT2D eigenvalue weighted by molar-refractivity contribution is -0.136. The Hall–Kier alpha value is -0.570. The standard InChI is InChI=1S/C10H20N2O/c1-7-5-6-10(4,8(13)12-11)9(7,2)3/h7H,5-6,11H2,1-4H3,(H,12,13). The molecule has 0 radical (unpaired) electrons. The highest BCUT2D eigenvalue weighted by Crippen LogP contribution is 2.55. The highest BCUT2D eigenvalue weighted by Gasteiger charge is 2.53. The van der Waals surface area contributed by atoms with Crippen molar-refractivity contribution in [3.8, 4) is 0 Å². The maximum atomic E-state index is 11.7. The van der Waals surface area contributed by atoms with Crippen LogP contribution in [-0.4, -0.2) is 5.91 Å². The fourth-order valence-electron chi connectivity index (χ4n) is 2.30. The molecule has 1 fully saturated rings. The van der Waals surface area contributed by atoms with Crippen molar-refractivity contribution in [2.45, 2.75) is 40.5 Å². The van der Waals surface area contributed by atoms with Crippen LogP contribution in [0.3, 0.4) is 0 Å². The number of carbonyl (C=O) groups excluding carboxylic acids is 1. The van der Waals surface area contributed by atoms with E-state index < -0.39 is 0 Å². The molecule has 3 N–H and O–H groups in total. The second kappa shape index (κ2) is 2.98. The fourth-order valence-corrected chi connectivity index (χ4v) is 2.30. The van der Waals surface area contributed by atoms with Crippen molar-refractivity contribution in [3.05, 3.63) is 0 Å². The molecule has 2 unspecified atom stereocenters. The molecular weight excluding hydrogens is 164 g/mol. The SMILES string of the molecule is CC1CCC(C)(C(=O)NN)C1(C)C. The predicted molar refractivity (Wildman–Crippen MR) is 52.6 cm³/mol. The number of hydrogen-bond acceptors (Lipinski definition) is 2. The molecule has 0 aromatic carbocycles. The van der Waals surface area contributed by atoms with Gasteiger partial charge in [0, 0.05) is 0 Å². The van der Waals surface area contributed by atoms with Crippen LogP contribution in [0.15, 0.2) is 0 Å². The lowest BCUT2D eigenvalue weighted by Crippen LogP contribution is -2.48. The van der Waals surface area contributed by atoms with Gasteiger partial charge in [-0.25, -0.2) is 5.84 Å². The Kier molecular flexibility index (Phi) is 2.41. The number of hydrogen-bond donors (Lipinski definition) is 2. The normalized spacial score (nSPS) is 37.5. The molecule has 3 heteroatoms. The number of rotatable bonds is 1. The van der Waals surface area contributed by atoms with Crippen molar-refractivity contribution in [1.82, 2.24) is 5.43 Å². The van der Waals surface area contributed by atoms with Gasteiger partial charge >= 0.3 is 0 Å². The zero-order valence-electron chi connectivity index (χ0n) is 8.98. The Morgan fingerprint density at radius 2 is 2.00 bits per heavy atom. The number of nitrogens with one attached hydrogen (secondary N) is 1. The summed E-state index contributed by atoms with van der Waals surface area (Å²) >= 11 is 0. The van der Waals surface area contributed by atoms with Gasteiger partial charge in [-0.05, 0) is 24.2 Å². The van der Waals surface area contributed by atoms with Gasteiger partial charge < -0.3 is 0 Å². The average Bonchev–Trinajstić information content (AvgIpc) is 2.29. The molecule has 1 amide bonds. The zero-order chi connectivity index (χ0) is 10.3. The second-order valence-corrected chi connectivity index (χ2v) is 4.97. The zero-order valence-corrected chi connectivity index (χ0v) is 8.98. The molecule has 13 heavy (non-hydrogen) atoms. The molecule has 0 heterocycles. The Balaban J connectivity index is 2.98. The first kappa shape index (κ1) is 10.5. The van der Waals surface area contributed by atoms with Crippen LogP contribution in [0, 0.1) is 16.7 Å². The summed E-state index contributed by atoms with van der Waals surface area (Å²) in [6, 6.07) is 0. The molecule has 0 aromatic rings. The minimum atomic E-state index is -0.304. The smallest absolute Gasteiger partial charge is 0.240 e. The molecule has 1 aliphatic rings. The van der Waals surface area contributed by atoms with E-state index >= 15 is 0 Å². The third-order valence-corrected chi connectivity index (χ3v) is 4.36. The summed E-state index contributed by atoms with van der Waals surface area (Å²) in [5.74, 6) is 5.76. The van der Waals surface area contributed by atoms with Gasteiger partial charge in [-0.2, -0.15) is 0 Å². The first-order valence-electron chi connectivity index (χ1n) is 4.87. The Labute approximate surface area is 80.0 Å². The highest BCUT2D eigenvalue weighted by atomic mass is 16.2. The molecule has 1 rings (SSSR count). The van der Waals surface area contributed by atoms with E-state index in [1.54, 1.807) is 0 Å². The van der Waals surface area contributed by atoms with Gasteiger partial charge in [-0.1, -0.05) is 27.7 Å². The monoisotopic (exact) mass is 184 g/mol. The second-order valence-electron chi connectivity index (χ2n) is 4.97. The van der Waals surface area contributed by atoms with Crippen LogP contribution in [-0.2, 0) is 4.79 Å². The largest absolute Gasteiger partial charge is 0.294 e. The van der Waals surface area contributed by atoms with E-state index in [2.05, 4.69) is 26.2 Å². The van der Waals surface area contributed by atoms with Crippen LogP contribution in [0.2, 0.25) is 0 Å². The maximum Gasteiger partial charge on any atom is 0.240 e. The van der Waals surface area contributed by atoms with Gasteiger partial charge in [0.2, 0.25) is 5.91 Å². The van der Waals surface area contributed by atoms with Crippen molar-refractivity contribution >= 4 is 5.91 Å². The van der Waals surface area contributed by atoms with Crippen molar-refractivity contribution in [1.29, 1.82) is 0 Å². The summed E-state index contributed by atoms with van der Waals surface area (Å²) in [5, 5.41) is 0. The van der Waals surface area contributed by atoms with Crippen LogP contribution in [0.1, 0.15) is 40.5 Å². The summed E-state index contributed by atoms with van der Waals surface area (Å²) in [6.45, 7) is 8.52. The summed E-state index contributed by atoms with van der Waals surface area (Å²) < 4.78 is 0. The van der Waals surface area contributed by atoms with E-state index in [-0.39, 0.29) is 16.7 Å². The van der Waals surface area contributed by atoms with Gasteiger partial charge in [-0.15, -0.1) is 0 Å². The molecule has 76 valence electrons. The van der Waals surface area contributed by atoms with E-state index in [1.807, 2.05) is 6.92 Å². The van der Waals surface area contributed by atoms with Crippen LogP contribution in [0.4, 0.5) is 0 Å². The van der Waals surface area contributed by atoms with Crippen molar-refractivity contribution < 1.29 is 4.79 Å². The molecule has 1 saturated carbocycles. The van der Waals surface area contributed by atoms with Gasteiger partial charge in [-0.3, -0.25) is 10.2 Å². The van der Waals surface area contributed by atoms with Gasteiger partial charge in [0.05, 0.1) is 5.41 Å². The molecule has 2 atom stereocenters. The average molecular weight is 184 g/mol. The third kappa shape index (κ3) is 1.26. The minimum absolute atomic E-state index is 0.0261. The van der Waals surface area contributed by atoms with E-state index in [4.69, 9.17) is 5.84 Å².